The van der Waals surface area contributed by atoms with Gasteiger partial charge in [-0.3, -0.25) is 0 Å². The molecule has 3 aliphatic rings. The molecule has 0 aromatic carbocycles. The fourth-order valence-electron chi connectivity index (χ4n) is 4.12. The number of aliphatic hydroxyl groups is 11. The number of hydrogen-bond acceptors (Lipinski definition) is 16. The summed E-state index contributed by atoms with van der Waals surface area (Å²) < 4.78 is 27.0. The fraction of sp³-hybridized carbons (Fsp3) is 1.00. The van der Waals surface area contributed by atoms with Gasteiger partial charge in [0.25, 0.3) is 0 Å². The van der Waals surface area contributed by atoms with Crippen molar-refractivity contribution in [3.63, 3.8) is 0 Å². The summed E-state index contributed by atoms with van der Waals surface area (Å²) in [5.41, 5.74) is 0. The van der Waals surface area contributed by atoms with Gasteiger partial charge in [0.1, 0.15) is 73.8 Å². The van der Waals surface area contributed by atoms with Crippen molar-refractivity contribution in [2.45, 2.75) is 92.9 Å². The zero-order valence-electron chi connectivity index (χ0n) is 17.8. The minimum atomic E-state index is -2.43. The predicted molar refractivity (Wildman–Crippen MR) is 108 cm³/mol. The van der Waals surface area contributed by atoms with E-state index in [2.05, 4.69) is 0 Å². The van der Waals surface area contributed by atoms with Crippen LogP contribution in [0.3, 0.4) is 0 Å². The molecular weight excluding hydrogens is 484 g/mol. The summed E-state index contributed by atoms with van der Waals surface area (Å²) in [6, 6.07) is 0. The SMILES string of the molecule is C.OC[C@H]1O[C@@](CO)(O[C@H]2O[C@H](CO)[C@@H](O)[C@H](O)[C@H]2O)[C@@H](O[C@H]2O[C@H](CO)[C@@H](O)[C@H](O)[C@H]2O)[C@@H]1O. The molecule has 3 heterocycles. The van der Waals surface area contributed by atoms with Crippen LogP contribution in [0, 0.1) is 0 Å². The zero-order valence-corrected chi connectivity index (χ0v) is 17.8. The Morgan fingerprint density at radius 2 is 1.03 bits per heavy atom. The molecular formula is C19H36O16. The second-order valence-electron chi connectivity index (χ2n) is 8.37. The molecule has 0 aromatic rings. The third kappa shape index (κ3) is 5.63. The Morgan fingerprint density at radius 3 is 1.49 bits per heavy atom. The summed E-state index contributed by atoms with van der Waals surface area (Å²) >= 11 is 0. The van der Waals surface area contributed by atoms with Gasteiger partial charge in [-0.2, -0.15) is 0 Å². The largest absolute Gasteiger partial charge is 0.394 e. The van der Waals surface area contributed by atoms with E-state index in [1.807, 2.05) is 0 Å². The Balaban J connectivity index is 0.00000432. The predicted octanol–water partition coefficient (Wildman–Crippen LogP) is -6.94. The average Bonchev–Trinajstić information content (AvgIpc) is 3.10. The van der Waals surface area contributed by atoms with E-state index >= 15 is 0 Å². The molecule has 14 atom stereocenters. The Kier molecular flexibility index (Phi) is 10.7. The molecule has 3 rings (SSSR count). The van der Waals surface area contributed by atoms with Gasteiger partial charge >= 0.3 is 0 Å². The Hall–Kier alpha value is -0.640. The topological polar surface area (TPSA) is 269 Å². The molecule has 0 spiro atoms. The molecule has 0 radical (unpaired) electrons. The molecule has 0 amide bonds. The van der Waals surface area contributed by atoms with Crippen molar-refractivity contribution in [2.75, 3.05) is 26.4 Å². The molecule has 208 valence electrons. The van der Waals surface area contributed by atoms with E-state index < -0.39 is 112 Å². The van der Waals surface area contributed by atoms with Crippen molar-refractivity contribution < 1.29 is 79.9 Å². The van der Waals surface area contributed by atoms with E-state index in [1.165, 1.54) is 0 Å². The summed E-state index contributed by atoms with van der Waals surface area (Å²) in [7, 11) is 0. The van der Waals surface area contributed by atoms with Gasteiger partial charge in [0, 0.05) is 0 Å². The van der Waals surface area contributed by atoms with E-state index in [0.29, 0.717) is 0 Å². The van der Waals surface area contributed by atoms with Crippen LogP contribution in [-0.4, -0.2) is 168 Å². The first kappa shape index (κ1) is 30.6. The summed E-state index contributed by atoms with van der Waals surface area (Å²) in [5, 5.41) is 109. The molecule has 0 aromatic heterocycles. The lowest BCUT2D eigenvalue weighted by Gasteiger charge is -2.45. The monoisotopic (exact) mass is 520 g/mol. The average molecular weight is 520 g/mol. The normalized spacial score (nSPS) is 50.7. The van der Waals surface area contributed by atoms with E-state index in [0.717, 1.165) is 0 Å². The lowest BCUT2D eigenvalue weighted by molar-refractivity contribution is -0.400. The van der Waals surface area contributed by atoms with E-state index in [-0.39, 0.29) is 7.43 Å². The van der Waals surface area contributed by atoms with Crippen molar-refractivity contribution in [1.29, 1.82) is 0 Å². The smallest absolute Gasteiger partial charge is 0.224 e. The van der Waals surface area contributed by atoms with Gasteiger partial charge in [-0.05, 0) is 0 Å². The number of ether oxygens (including phenoxy) is 5. The minimum Gasteiger partial charge on any atom is -0.394 e. The summed E-state index contributed by atoms with van der Waals surface area (Å²) in [6.45, 7) is -3.49. The Labute approximate surface area is 200 Å². The Morgan fingerprint density at radius 1 is 0.571 bits per heavy atom. The maximum Gasteiger partial charge on any atom is 0.224 e. The van der Waals surface area contributed by atoms with Crippen LogP contribution in [0.2, 0.25) is 0 Å². The van der Waals surface area contributed by atoms with Gasteiger partial charge in [-0.25, -0.2) is 0 Å². The number of rotatable bonds is 8. The highest BCUT2D eigenvalue weighted by Crippen LogP contribution is 2.39. The van der Waals surface area contributed by atoms with Crippen molar-refractivity contribution in [3.05, 3.63) is 0 Å². The lowest BCUT2D eigenvalue weighted by atomic mass is 9.98. The van der Waals surface area contributed by atoms with Gasteiger partial charge in [0.15, 0.2) is 12.6 Å². The fourth-order valence-corrected chi connectivity index (χ4v) is 4.12. The molecule has 16 heteroatoms. The van der Waals surface area contributed by atoms with E-state index in [4.69, 9.17) is 23.7 Å². The molecule has 3 aliphatic heterocycles. The van der Waals surface area contributed by atoms with Crippen molar-refractivity contribution in [1.82, 2.24) is 0 Å². The first-order valence-electron chi connectivity index (χ1n) is 10.6. The molecule has 0 unspecified atom stereocenters. The second kappa shape index (κ2) is 12.3. The van der Waals surface area contributed by atoms with Crippen LogP contribution in [0.5, 0.6) is 0 Å². The molecule has 0 aliphatic carbocycles. The minimum absolute atomic E-state index is 0. The van der Waals surface area contributed by atoms with E-state index in [1.54, 1.807) is 0 Å². The third-order valence-corrected chi connectivity index (χ3v) is 6.17. The lowest BCUT2D eigenvalue weighted by Crippen LogP contribution is -2.64. The number of aliphatic hydroxyl groups excluding tert-OH is 11. The van der Waals surface area contributed by atoms with Crippen molar-refractivity contribution in [3.8, 4) is 0 Å². The zero-order chi connectivity index (χ0) is 25.4. The van der Waals surface area contributed by atoms with Gasteiger partial charge in [-0.1, -0.05) is 7.43 Å². The van der Waals surface area contributed by atoms with Crippen LogP contribution < -0.4 is 0 Å². The molecule has 0 bridgehead atoms. The van der Waals surface area contributed by atoms with Crippen LogP contribution >= 0.6 is 0 Å². The highest BCUT2D eigenvalue weighted by Gasteiger charge is 2.61. The van der Waals surface area contributed by atoms with Crippen LogP contribution in [0.4, 0.5) is 0 Å². The second-order valence-corrected chi connectivity index (χ2v) is 8.37. The molecule has 3 saturated heterocycles. The van der Waals surface area contributed by atoms with E-state index in [9.17, 15) is 56.2 Å². The van der Waals surface area contributed by atoms with Crippen molar-refractivity contribution in [2.24, 2.45) is 0 Å². The highest BCUT2D eigenvalue weighted by atomic mass is 16.8. The molecule has 35 heavy (non-hydrogen) atoms. The first-order valence-corrected chi connectivity index (χ1v) is 10.6. The Bertz CT molecular complexity index is 652. The van der Waals surface area contributed by atoms with Crippen molar-refractivity contribution >= 4 is 0 Å². The van der Waals surface area contributed by atoms with Crippen LogP contribution in [-0.2, 0) is 23.7 Å². The van der Waals surface area contributed by atoms with Gasteiger partial charge < -0.3 is 79.9 Å². The van der Waals surface area contributed by atoms with Gasteiger partial charge in [-0.15, -0.1) is 0 Å². The molecule has 3 fully saturated rings. The maximum absolute atomic E-state index is 10.6. The first-order chi connectivity index (χ1) is 16.0. The standard InChI is InChI=1S/C18H32O16.CH4/c19-1-5-8(23)11(26)13(28)16(30-5)32-15-10(25)7(3-21)33-18(15,4-22)34-17-14(29)12(27)9(24)6(2-20)31-17;/h5-17,19-29H,1-4H2;1H4/t5-,6-,7-,8-,9-,10-,11+,12+,13-,14-,15+,16-,17-,18+;/m1./s1. The quantitative estimate of drug-likeness (QED) is 0.142. The maximum atomic E-state index is 10.6. The molecule has 0 saturated carbocycles. The third-order valence-electron chi connectivity index (χ3n) is 6.17. The van der Waals surface area contributed by atoms with Crippen LogP contribution in [0.15, 0.2) is 0 Å². The summed E-state index contributed by atoms with van der Waals surface area (Å²) in [6.07, 6.45) is -22.3. The highest BCUT2D eigenvalue weighted by molar-refractivity contribution is 5.01. The number of hydrogen-bond donors (Lipinski definition) is 11. The van der Waals surface area contributed by atoms with Gasteiger partial charge in [0.05, 0.1) is 19.8 Å². The molecule has 11 N–H and O–H groups in total. The van der Waals surface area contributed by atoms with Crippen LogP contribution in [0.1, 0.15) is 7.43 Å². The van der Waals surface area contributed by atoms with Crippen LogP contribution in [0.25, 0.3) is 0 Å². The molecule has 16 nitrogen and oxygen atoms in total. The summed E-state index contributed by atoms with van der Waals surface area (Å²) in [5.74, 6) is -2.43. The van der Waals surface area contributed by atoms with Gasteiger partial charge in [0.2, 0.25) is 5.79 Å². The summed E-state index contributed by atoms with van der Waals surface area (Å²) in [4.78, 5) is 0.